The fourth-order valence-corrected chi connectivity index (χ4v) is 2.96. The molecule has 1 aliphatic carbocycles. The highest BCUT2D eigenvalue weighted by Gasteiger charge is 2.24. The lowest BCUT2D eigenvalue weighted by molar-refractivity contribution is 0.00688. The summed E-state index contributed by atoms with van der Waals surface area (Å²) in [7, 11) is 0. The Kier molecular flexibility index (Phi) is 5.19. The van der Waals surface area contributed by atoms with Crippen molar-refractivity contribution in [3.8, 4) is 5.75 Å². The lowest BCUT2D eigenvalue weighted by Gasteiger charge is -2.28. The number of amides is 1. The number of aliphatic hydroxyl groups excluding tert-OH is 1. The van der Waals surface area contributed by atoms with E-state index in [-0.39, 0.29) is 11.7 Å². The van der Waals surface area contributed by atoms with Crippen LogP contribution in [0.4, 0.5) is 5.69 Å². The summed E-state index contributed by atoms with van der Waals surface area (Å²) in [4.78, 5) is 26.6. The van der Waals surface area contributed by atoms with Crippen LogP contribution in [-0.4, -0.2) is 28.2 Å². The van der Waals surface area contributed by atoms with Crippen molar-refractivity contribution < 1.29 is 14.6 Å². The lowest BCUT2D eigenvalue weighted by atomic mass is 9.95. The van der Waals surface area contributed by atoms with Gasteiger partial charge >= 0.3 is 0 Å². The van der Waals surface area contributed by atoms with Crippen LogP contribution in [-0.2, 0) is 0 Å². The van der Waals surface area contributed by atoms with Crippen molar-refractivity contribution in [2.24, 2.45) is 0 Å². The molecule has 0 saturated heterocycles. The van der Waals surface area contributed by atoms with Gasteiger partial charge in [-0.2, -0.15) is 0 Å². The molecule has 1 aromatic heterocycles. The second-order valence-corrected chi connectivity index (χ2v) is 6.37. The van der Waals surface area contributed by atoms with Crippen LogP contribution in [0, 0.1) is 6.92 Å². The van der Waals surface area contributed by atoms with Gasteiger partial charge in [-0.25, -0.2) is 0 Å². The third-order valence-electron chi connectivity index (χ3n) is 4.37. The Morgan fingerprint density at radius 2 is 1.88 bits per heavy atom. The number of aromatic amines is 1. The van der Waals surface area contributed by atoms with E-state index in [0.717, 1.165) is 25.7 Å². The number of carbonyl (C=O) groups excluding carboxylic acids is 1. The predicted molar refractivity (Wildman–Crippen MR) is 95.1 cm³/mol. The van der Waals surface area contributed by atoms with Crippen LogP contribution in [0.1, 0.15) is 41.7 Å². The Balaban J connectivity index is 1.64. The number of aliphatic hydroxyl groups is 1. The zero-order chi connectivity index (χ0) is 17.8. The second kappa shape index (κ2) is 7.53. The maximum Gasteiger partial charge on any atom is 0.261 e. The number of hydrogen-bond donors (Lipinski definition) is 3. The van der Waals surface area contributed by atoms with E-state index >= 15 is 0 Å². The fraction of sp³-hybridized carbons (Fsp3) is 0.368. The Morgan fingerprint density at radius 1 is 1.16 bits per heavy atom. The van der Waals surface area contributed by atoms with Crippen molar-refractivity contribution >= 4 is 11.6 Å². The van der Waals surface area contributed by atoms with Crippen molar-refractivity contribution in [3.63, 3.8) is 0 Å². The summed E-state index contributed by atoms with van der Waals surface area (Å²) in [6.07, 6.45) is 3.09. The monoisotopic (exact) mass is 342 g/mol. The molecule has 6 nitrogen and oxygen atoms in total. The molecule has 1 saturated carbocycles. The molecule has 6 heteroatoms. The molecule has 0 radical (unpaired) electrons. The zero-order valence-corrected chi connectivity index (χ0v) is 14.1. The summed E-state index contributed by atoms with van der Waals surface area (Å²) in [5, 5.41) is 12.7. The van der Waals surface area contributed by atoms with Crippen LogP contribution in [0.25, 0.3) is 0 Å². The van der Waals surface area contributed by atoms with E-state index < -0.39 is 17.6 Å². The van der Waals surface area contributed by atoms with E-state index in [1.807, 2.05) is 0 Å². The van der Waals surface area contributed by atoms with Crippen molar-refractivity contribution in [2.45, 2.75) is 44.8 Å². The molecule has 0 unspecified atom stereocenters. The molecule has 3 rings (SSSR count). The van der Waals surface area contributed by atoms with Crippen molar-refractivity contribution in [3.05, 3.63) is 58.0 Å². The van der Waals surface area contributed by atoms with E-state index in [4.69, 9.17) is 4.74 Å². The first-order chi connectivity index (χ1) is 12.0. The molecule has 132 valence electrons. The summed E-state index contributed by atoms with van der Waals surface area (Å²) in [5.74, 6) is 0.190. The summed E-state index contributed by atoms with van der Waals surface area (Å²) < 4.78 is 5.83. The summed E-state index contributed by atoms with van der Waals surface area (Å²) >= 11 is 0. The Morgan fingerprint density at radius 3 is 2.56 bits per heavy atom. The molecule has 1 amide bonds. The largest absolute Gasteiger partial charge is 0.488 e. The summed E-state index contributed by atoms with van der Waals surface area (Å²) in [6.45, 7) is 1.76. The minimum Gasteiger partial charge on any atom is -0.488 e. The van der Waals surface area contributed by atoms with E-state index in [1.165, 1.54) is 6.07 Å². The zero-order valence-electron chi connectivity index (χ0n) is 14.1. The molecule has 1 aromatic carbocycles. The Bertz CT molecular complexity index is 798. The molecule has 1 fully saturated rings. The smallest absolute Gasteiger partial charge is 0.261 e. The molecule has 0 spiro atoms. The minimum absolute atomic E-state index is 0.0660. The van der Waals surface area contributed by atoms with Crippen LogP contribution in [0.3, 0.4) is 0 Å². The topological polar surface area (TPSA) is 91.4 Å². The number of carbonyl (C=O) groups is 1. The number of aromatic nitrogens is 1. The van der Waals surface area contributed by atoms with Crippen LogP contribution < -0.4 is 15.6 Å². The van der Waals surface area contributed by atoms with Gasteiger partial charge in [-0.05, 0) is 62.6 Å². The highest BCUT2D eigenvalue weighted by Crippen LogP contribution is 2.25. The average molecular weight is 342 g/mol. The van der Waals surface area contributed by atoms with Crippen LogP contribution in [0.2, 0.25) is 0 Å². The molecule has 0 aliphatic heterocycles. The number of rotatable bonds is 4. The van der Waals surface area contributed by atoms with Crippen LogP contribution >= 0.6 is 0 Å². The Hall–Kier alpha value is -2.60. The van der Waals surface area contributed by atoms with Gasteiger partial charge in [-0.1, -0.05) is 6.42 Å². The molecule has 1 aliphatic rings. The number of hydrogen-bond acceptors (Lipinski definition) is 4. The predicted octanol–water partition coefficient (Wildman–Crippen LogP) is 2.62. The quantitative estimate of drug-likeness (QED) is 0.796. The SMILES string of the molecule is Cc1ccc(C(=O)Nc2ccc(O[C@@H]3CCCC[C@@H]3O)cc2)c(=O)[nH]1. The van der Waals surface area contributed by atoms with Crippen LogP contribution in [0.15, 0.2) is 41.2 Å². The number of anilines is 1. The number of ether oxygens (including phenoxy) is 1. The van der Waals surface area contributed by atoms with Gasteiger partial charge < -0.3 is 20.1 Å². The number of aryl methyl sites for hydroxylation is 1. The van der Waals surface area contributed by atoms with Crippen LogP contribution in [0.5, 0.6) is 5.75 Å². The van der Waals surface area contributed by atoms with Gasteiger partial charge in [0.2, 0.25) is 0 Å². The molecule has 25 heavy (non-hydrogen) atoms. The minimum atomic E-state index is -0.461. The third kappa shape index (κ3) is 4.28. The van der Waals surface area contributed by atoms with E-state index in [2.05, 4.69) is 10.3 Å². The van der Waals surface area contributed by atoms with Gasteiger partial charge in [0.15, 0.2) is 0 Å². The Labute approximate surface area is 145 Å². The molecule has 2 atom stereocenters. The van der Waals surface area contributed by atoms with Gasteiger partial charge in [-0.3, -0.25) is 9.59 Å². The molecule has 1 heterocycles. The second-order valence-electron chi connectivity index (χ2n) is 6.37. The number of benzene rings is 1. The van der Waals surface area contributed by atoms with E-state index in [0.29, 0.717) is 17.1 Å². The maximum atomic E-state index is 12.2. The standard InChI is InChI=1S/C19H22N2O4/c1-12-6-11-15(18(23)20-12)19(24)21-13-7-9-14(10-8-13)25-17-5-3-2-4-16(17)22/h6-11,16-17,22H,2-5H2,1H3,(H,20,23)(H,21,24)/t16-,17+/m0/s1. The molecular weight excluding hydrogens is 320 g/mol. The highest BCUT2D eigenvalue weighted by atomic mass is 16.5. The van der Waals surface area contributed by atoms with Crippen molar-refractivity contribution in [1.29, 1.82) is 0 Å². The van der Waals surface area contributed by atoms with Gasteiger partial charge in [0.1, 0.15) is 17.4 Å². The van der Waals surface area contributed by atoms with Gasteiger partial charge in [0.25, 0.3) is 11.5 Å². The number of H-pyrrole nitrogens is 1. The number of nitrogens with one attached hydrogen (secondary N) is 2. The van der Waals surface area contributed by atoms with Gasteiger partial charge in [0.05, 0.1) is 6.10 Å². The molecule has 0 bridgehead atoms. The summed E-state index contributed by atoms with van der Waals surface area (Å²) in [6, 6.07) is 10.1. The van der Waals surface area contributed by atoms with Crippen molar-refractivity contribution in [1.82, 2.24) is 4.98 Å². The normalized spacial score (nSPS) is 20.1. The third-order valence-corrected chi connectivity index (χ3v) is 4.37. The first kappa shape index (κ1) is 17.2. The van der Waals surface area contributed by atoms with Crippen molar-refractivity contribution in [2.75, 3.05) is 5.32 Å². The lowest BCUT2D eigenvalue weighted by Crippen LogP contribution is -2.34. The molecular formula is C19H22N2O4. The molecule has 2 aromatic rings. The highest BCUT2D eigenvalue weighted by molar-refractivity contribution is 6.03. The number of pyridine rings is 1. The van der Waals surface area contributed by atoms with E-state index in [9.17, 15) is 14.7 Å². The first-order valence-electron chi connectivity index (χ1n) is 8.49. The summed E-state index contributed by atoms with van der Waals surface area (Å²) in [5.41, 5.74) is 0.925. The van der Waals surface area contributed by atoms with Gasteiger partial charge in [0, 0.05) is 11.4 Å². The molecule has 3 N–H and O–H groups in total. The van der Waals surface area contributed by atoms with E-state index in [1.54, 1.807) is 37.3 Å². The average Bonchev–Trinajstić information content (AvgIpc) is 2.58. The maximum absolute atomic E-state index is 12.2. The van der Waals surface area contributed by atoms with Gasteiger partial charge in [-0.15, -0.1) is 0 Å². The fourth-order valence-electron chi connectivity index (χ4n) is 2.96. The first-order valence-corrected chi connectivity index (χ1v) is 8.49.